The second kappa shape index (κ2) is 6.24. The first-order valence-electron chi connectivity index (χ1n) is 7.32. The van der Waals surface area contributed by atoms with E-state index in [1.165, 1.54) is 0 Å². The Balaban J connectivity index is 2.19. The maximum absolute atomic E-state index is 12.6. The van der Waals surface area contributed by atoms with Gasteiger partial charge in [-0.3, -0.25) is 9.59 Å². The minimum Gasteiger partial charge on any atom is -0.342 e. The van der Waals surface area contributed by atoms with E-state index in [0.29, 0.717) is 30.5 Å². The lowest BCUT2D eigenvalue weighted by Gasteiger charge is -2.38. The summed E-state index contributed by atoms with van der Waals surface area (Å²) in [5, 5.41) is 6.64. The number of nitrogens with one attached hydrogen (secondary N) is 1. The van der Waals surface area contributed by atoms with E-state index in [-0.39, 0.29) is 18.4 Å². The number of piperazine rings is 1. The second-order valence-corrected chi connectivity index (χ2v) is 5.81. The van der Waals surface area contributed by atoms with Crippen LogP contribution in [0.25, 0.3) is 0 Å². The standard InChI is InChI=1S/C14H22N4O3/c1-5-11-13(19)16-10(6-8(2)3)14(20)18(11)7-12-15-9(4)21-17-12/h8,10-11H,5-7H2,1-4H3,(H,16,19). The van der Waals surface area contributed by atoms with E-state index in [9.17, 15) is 9.59 Å². The zero-order valence-corrected chi connectivity index (χ0v) is 12.9. The number of aromatic nitrogens is 2. The van der Waals surface area contributed by atoms with E-state index in [2.05, 4.69) is 15.5 Å². The molecule has 1 aliphatic heterocycles. The molecule has 116 valence electrons. The first-order valence-corrected chi connectivity index (χ1v) is 7.32. The third-order valence-electron chi connectivity index (χ3n) is 3.55. The molecule has 2 heterocycles. The normalized spacial score (nSPS) is 22.8. The molecule has 7 nitrogen and oxygen atoms in total. The molecule has 1 aliphatic rings. The van der Waals surface area contributed by atoms with Crippen LogP contribution in [-0.4, -0.2) is 38.9 Å². The van der Waals surface area contributed by atoms with Crippen LogP contribution in [0, 0.1) is 12.8 Å². The monoisotopic (exact) mass is 294 g/mol. The van der Waals surface area contributed by atoms with Crippen molar-refractivity contribution in [3.63, 3.8) is 0 Å². The van der Waals surface area contributed by atoms with E-state index < -0.39 is 12.1 Å². The molecule has 2 amide bonds. The molecular weight excluding hydrogens is 272 g/mol. The summed E-state index contributed by atoms with van der Waals surface area (Å²) in [7, 11) is 0. The summed E-state index contributed by atoms with van der Waals surface area (Å²) in [6, 6.07) is -0.937. The van der Waals surface area contributed by atoms with Crippen LogP contribution in [0.5, 0.6) is 0 Å². The molecule has 0 spiro atoms. The van der Waals surface area contributed by atoms with Crippen molar-refractivity contribution >= 4 is 11.8 Å². The van der Waals surface area contributed by atoms with Crippen molar-refractivity contribution in [3.05, 3.63) is 11.7 Å². The SMILES string of the molecule is CCC1C(=O)NC(CC(C)C)C(=O)N1Cc1noc(C)n1. The van der Waals surface area contributed by atoms with E-state index in [0.717, 1.165) is 0 Å². The van der Waals surface area contributed by atoms with E-state index in [4.69, 9.17) is 4.52 Å². The van der Waals surface area contributed by atoms with E-state index >= 15 is 0 Å². The zero-order chi connectivity index (χ0) is 15.6. The highest BCUT2D eigenvalue weighted by Crippen LogP contribution is 2.19. The van der Waals surface area contributed by atoms with Gasteiger partial charge in [0.05, 0.1) is 6.54 Å². The quantitative estimate of drug-likeness (QED) is 0.876. The first-order chi connectivity index (χ1) is 9.92. The van der Waals surface area contributed by atoms with Crippen LogP contribution < -0.4 is 5.32 Å². The predicted octanol–water partition coefficient (Wildman–Crippen LogP) is 1.03. The van der Waals surface area contributed by atoms with Crippen LogP contribution in [0.2, 0.25) is 0 Å². The number of rotatable bonds is 5. The summed E-state index contributed by atoms with van der Waals surface area (Å²) in [5.41, 5.74) is 0. The Bertz CT molecular complexity index is 526. The van der Waals surface area contributed by atoms with Crippen LogP contribution in [0.3, 0.4) is 0 Å². The molecule has 0 bridgehead atoms. The highest BCUT2D eigenvalue weighted by molar-refractivity contribution is 5.96. The fourth-order valence-electron chi connectivity index (χ4n) is 2.61. The summed E-state index contributed by atoms with van der Waals surface area (Å²) < 4.78 is 4.93. The Kier molecular flexibility index (Phi) is 4.59. The van der Waals surface area contributed by atoms with Crippen LogP contribution in [-0.2, 0) is 16.1 Å². The highest BCUT2D eigenvalue weighted by atomic mass is 16.5. The van der Waals surface area contributed by atoms with Gasteiger partial charge in [0.25, 0.3) is 0 Å². The van der Waals surface area contributed by atoms with E-state index in [1.54, 1.807) is 11.8 Å². The zero-order valence-electron chi connectivity index (χ0n) is 12.9. The fraction of sp³-hybridized carbons (Fsp3) is 0.714. The average molecular weight is 294 g/mol. The van der Waals surface area contributed by atoms with Crippen molar-refractivity contribution in [3.8, 4) is 0 Å². The molecule has 1 saturated heterocycles. The molecule has 1 aromatic heterocycles. The molecule has 0 radical (unpaired) electrons. The Hall–Kier alpha value is -1.92. The molecule has 0 saturated carbocycles. The van der Waals surface area contributed by atoms with Gasteiger partial charge in [0.15, 0.2) is 5.82 Å². The maximum atomic E-state index is 12.6. The van der Waals surface area contributed by atoms with Crippen LogP contribution in [0.1, 0.15) is 45.3 Å². The van der Waals surface area contributed by atoms with Crippen molar-refractivity contribution in [1.82, 2.24) is 20.4 Å². The molecule has 0 aromatic carbocycles. The number of carbonyl (C=O) groups is 2. The number of amides is 2. The molecule has 0 aliphatic carbocycles. The average Bonchev–Trinajstić information content (AvgIpc) is 2.80. The third kappa shape index (κ3) is 3.40. The summed E-state index contributed by atoms with van der Waals surface area (Å²) in [4.78, 5) is 30.5. The first kappa shape index (κ1) is 15.5. The van der Waals surface area contributed by atoms with Gasteiger partial charge in [-0.15, -0.1) is 0 Å². The van der Waals surface area contributed by atoms with Crippen molar-refractivity contribution in [2.45, 2.75) is 59.2 Å². The molecule has 1 aromatic rings. The Morgan fingerprint density at radius 3 is 2.62 bits per heavy atom. The largest absolute Gasteiger partial charge is 0.342 e. The lowest BCUT2D eigenvalue weighted by atomic mass is 9.97. The van der Waals surface area contributed by atoms with Gasteiger partial charge in [0.1, 0.15) is 12.1 Å². The van der Waals surface area contributed by atoms with Gasteiger partial charge < -0.3 is 14.7 Å². The summed E-state index contributed by atoms with van der Waals surface area (Å²) in [6.45, 7) is 7.84. The summed E-state index contributed by atoms with van der Waals surface area (Å²) in [5.74, 6) is 1.02. The van der Waals surface area contributed by atoms with Gasteiger partial charge in [0, 0.05) is 6.92 Å². The van der Waals surface area contributed by atoms with Gasteiger partial charge >= 0.3 is 0 Å². The van der Waals surface area contributed by atoms with Gasteiger partial charge in [-0.05, 0) is 18.8 Å². The van der Waals surface area contributed by atoms with Gasteiger partial charge in [-0.25, -0.2) is 0 Å². The minimum absolute atomic E-state index is 0.0717. The molecule has 1 fully saturated rings. The predicted molar refractivity (Wildman–Crippen MR) is 75.0 cm³/mol. The Labute approximate surface area is 124 Å². The number of hydrogen-bond acceptors (Lipinski definition) is 5. The van der Waals surface area contributed by atoms with Crippen LogP contribution >= 0.6 is 0 Å². The number of aryl methyl sites for hydroxylation is 1. The Morgan fingerprint density at radius 2 is 2.10 bits per heavy atom. The number of carbonyl (C=O) groups excluding carboxylic acids is 2. The molecule has 1 N–H and O–H groups in total. The lowest BCUT2D eigenvalue weighted by Crippen LogP contribution is -2.63. The molecule has 2 unspecified atom stereocenters. The van der Waals surface area contributed by atoms with Crippen LogP contribution in [0.15, 0.2) is 4.52 Å². The van der Waals surface area contributed by atoms with Crippen molar-refractivity contribution in [2.75, 3.05) is 0 Å². The van der Waals surface area contributed by atoms with Gasteiger partial charge in [-0.2, -0.15) is 4.98 Å². The van der Waals surface area contributed by atoms with Crippen molar-refractivity contribution in [1.29, 1.82) is 0 Å². The van der Waals surface area contributed by atoms with Crippen molar-refractivity contribution in [2.24, 2.45) is 5.92 Å². The Morgan fingerprint density at radius 1 is 1.38 bits per heavy atom. The van der Waals surface area contributed by atoms with Gasteiger partial charge in [0.2, 0.25) is 17.7 Å². The number of nitrogens with zero attached hydrogens (tertiary/aromatic N) is 3. The topological polar surface area (TPSA) is 88.3 Å². The molecular formula is C14H22N4O3. The summed E-state index contributed by atoms with van der Waals surface area (Å²) in [6.07, 6.45) is 1.19. The fourth-order valence-corrected chi connectivity index (χ4v) is 2.61. The highest BCUT2D eigenvalue weighted by Gasteiger charge is 2.40. The third-order valence-corrected chi connectivity index (χ3v) is 3.55. The van der Waals surface area contributed by atoms with E-state index in [1.807, 2.05) is 20.8 Å². The molecule has 7 heteroatoms. The van der Waals surface area contributed by atoms with Crippen LogP contribution in [0.4, 0.5) is 0 Å². The minimum atomic E-state index is -0.472. The lowest BCUT2D eigenvalue weighted by molar-refractivity contribution is -0.150. The smallest absolute Gasteiger partial charge is 0.246 e. The maximum Gasteiger partial charge on any atom is 0.246 e. The second-order valence-electron chi connectivity index (χ2n) is 5.81. The molecule has 2 atom stereocenters. The van der Waals surface area contributed by atoms with Gasteiger partial charge in [-0.1, -0.05) is 25.9 Å². The van der Waals surface area contributed by atoms with Crippen molar-refractivity contribution < 1.29 is 14.1 Å². The molecule has 21 heavy (non-hydrogen) atoms. The number of hydrogen-bond donors (Lipinski definition) is 1. The molecule has 2 rings (SSSR count). The summed E-state index contributed by atoms with van der Waals surface area (Å²) >= 11 is 0.